The molecule has 0 saturated carbocycles. The highest BCUT2D eigenvalue weighted by Crippen LogP contribution is 2.32. The lowest BCUT2D eigenvalue weighted by molar-refractivity contribution is 0.387. The van der Waals surface area contributed by atoms with E-state index in [0.29, 0.717) is 23.2 Å². The zero-order valence-corrected chi connectivity index (χ0v) is 13.2. The van der Waals surface area contributed by atoms with Crippen molar-refractivity contribution >= 4 is 11.6 Å². The van der Waals surface area contributed by atoms with Crippen LogP contribution in [0.3, 0.4) is 0 Å². The minimum atomic E-state index is -0.354. The second-order valence-electron chi connectivity index (χ2n) is 5.16. The fourth-order valence-corrected chi connectivity index (χ4v) is 2.36. The number of rotatable bonds is 5. The molecular weight excluding hydrogens is 289 g/mol. The third-order valence-electron chi connectivity index (χ3n) is 3.24. The van der Waals surface area contributed by atoms with Gasteiger partial charge in [-0.25, -0.2) is 4.39 Å². The Hall–Kier alpha value is -1.58. The van der Waals surface area contributed by atoms with E-state index in [1.54, 1.807) is 24.3 Å². The van der Waals surface area contributed by atoms with Crippen molar-refractivity contribution < 1.29 is 9.13 Å². The van der Waals surface area contributed by atoms with E-state index in [9.17, 15) is 4.39 Å². The second-order valence-corrected chi connectivity index (χ2v) is 5.60. The van der Waals surface area contributed by atoms with Gasteiger partial charge in [-0.15, -0.1) is 0 Å². The van der Waals surface area contributed by atoms with Crippen molar-refractivity contribution in [3.05, 3.63) is 52.8 Å². The highest BCUT2D eigenvalue weighted by Gasteiger charge is 2.14. The van der Waals surface area contributed by atoms with E-state index in [-0.39, 0.29) is 11.6 Å². The van der Waals surface area contributed by atoms with Crippen LogP contribution >= 0.6 is 11.6 Å². The van der Waals surface area contributed by atoms with Gasteiger partial charge in [-0.2, -0.15) is 0 Å². The molecule has 2 rings (SSSR count). The van der Waals surface area contributed by atoms with Crippen LogP contribution < -0.4 is 10.1 Å². The van der Waals surface area contributed by atoms with Crippen LogP contribution in [0.4, 0.5) is 4.39 Å². The molecule has 0 unspecified atom stereocenters. The van der Waals surface area contributed by atoms with Gasteiger partial charge in [-0.05, 0) is 29.3 Å². The van der Waals surface area contributed by atoms with E-state index >= 15 is 0 Å². The molecule has 112 valence electrons. The summed E-state index contributed by atoms with van der Waals surface area (Å²) in [7, 11) is 1.46. The molecule has 0 spiro atoms. The molecule has 0 aliphatic heterocycles. The Bertz CT molecular complexity index is 628. The number of hydrogen-bond acceptors (Lipinski definition) is 2. The first-order valence-corrected chi connectivity index (χ1v) is 7.25. The van der Waals surface area contributed by atoms with Gasteiger partial charge in [0, 0.05) is 23.2 Å². The molecular formula is C17H19ClFNO. The predicted molar refractivity (Wildman–Crippen MR) is 85.4 cm³/mol. The highest BCUT2D eigenvalue weighted by molar-refractivity contribution is 6.30. The number of nitrogens with one attached hydrogen (secondary N) is 1. The molecule has 0 heterocycles. The molecule has 0 aliphatic carbocycles. The van der Waals surface area contributed by atoms with Gasteiger partial charge in [0.05, 0.1) is 7.11 Å². The van der Waals surface area contributed by atoms with Crippen LogP contribution in [-0.4, -0.2) is 13.2 Å². The summed E-state index contributed by atoms with van der Waals surface area (Å²) >= 11 is 6.07. The Morgan fingerprint density at radius 2 is 1.95 bits per heavy atom. The van der Waals surface area contributed by atoms with E-state index in [2.05, 4.69) is 19.2 Å². The Labute approximate surface area is 129 Å². The standard InChI is InChI=1S/C17H19ClFNO/c1-11(2)20-10-12-9-13(18)7-8-14(12)15-5-4-6-16(21-3)17(15)19/h4-9,11,20H,10H2,1-3H3. The smallest absolute Gasteiger partial charge is 0.172 e. The van der Waals surface area contributed by atoms with E-state index in [1.807, 2.05) is 12.1 Å². The lowest BCUT2D eigenvalue weighted by Crippen LogP contribution is -2.22. The Kier molecular flexibility index (Phi) is 5.21. The van der Waals surface area contributed by atoms with Crippen LogP contribution in [-0.2, 0) is 6.54 Å². The summed E-state index contributed by atoms with van der Waals surface area (Å²) in [5.74, 6) is -0.113. The van der Waals surface area contributed by atoms with Gasteiger partial charge in [-0.1, -0.05) is 43.6 Å². The first-order valence-electron chi connectivity index (χ1n) is 6.87. The van der Waals surface area contributed by atoms with Crippen molar-refractivity contribution in [3.63, 3.8) is 0 Å². The van der Waals surface area contributed by atoms with Gasteiger partial charge in [0.1, 0.15) is 0 Å². The van der Waals surface area contributed by atoms with Crippen molar-refractivity contribution in [1.29, 1.82) is 0 Å². The van der Waals surface area contributed by atoms with E-state index in [4.69, 9.17) is 16.3 Å². The fraction of sp³-hybridized carbons (Fsp3) is 0.294. The average molecular weight is 308 g/mol. The third-order valence-corrected chi connectivity index (χ3v) is 3.48. The summed E-state index contributed by atoms with van der Waals surface area (Å²) in [6.45, 7) is 4.76. The predicted octanol–water partition coefficient (Wildman–Crippen LogP) is 4.65. The summed E-state index contributed by atoms with van der Waals surface area (Å²) in [4.78, 5) is 0. The molecule has 2 nitrogen and oxygen atoms in total. The molecule has 21 heavy (non-hydrogen) atoms. The SMILES string of the molecule is COc1cccc(-c2ccc(Cl)cc2CNC(C)C)c1F. The maximum atomic E-state index is 14.5. The van der Waals surface area contributed by atoms with E-state index in [1.165, 1.54) is 7.11 Å². The van der Waals surface area contributed by atoms with Crippen molar-refractivity contribution in [1.82, 2.24) is 5.32 Å². The van der Waals surface area contributed by atoms with Gasteiger partial charge >= 0.3 is 0 Å². The molecule has 1 N–H and O–H groups in total. The zero-order chi connectivity index (χ0) is 15.4. The quantitative estimate of drug-likeness (QED) is 0.868. The lowest BCUT2D eigenvalue weighted by atomic mass is 9.98. The molecule has 0 radical (unpaired) electrons. The molecule has 0 aliphatic rings. The van der Waals surface area contributed by atoms with Gasteiger partial charge in [0.25, 0.3) is 0 Å². The topological polar surface area (TPSA) is 21.3 Å². The first kappa shape index (κ1) is 15.8. The average Bonchev–Trinajstić information content (AvgIpc) is 2.46. The van der Waals surface area contributed by atoms with Gasteiger partial charge < -0.3 is 10.1 Å². The van der Waals surface area contributed by atoms with Gasteiger partial charge in [-0.3, -0.25) is 0 Å². The normalized spacial score (nSPS) is 11.0. The largest absolute Gasteiger partial charge is 0.494 e. The number of methoxy groups -OCH3 is 1. The highest BCUT2D eigenvalue weighted by atomic mass is 35.5. The van der Waals surface area contributed by atoms with E-state index in [0.717, 1.165) is 11.1 Å². The Morgan fingerprint density at radius 3 is 2.62 bits per heavy atom. The molecule has 0 aromatic heterocycles. The van der Waals surface area contributed by atoms with Crippen LogP contribution in [0, 0.1) is 5.82 Å². The van der Waals surface area contributed by atoms with Crippen molar-refractivity contribution in [3.8, 4) is 16.9 Å². The number of ether oxygens (including phenoxy) is 1. The molecule has 0 bridgehead atoms. The molecule has 4 heteroatoms. The summed E-state index contributed by atoms with van der Waals surface area (Å²) < 4.78 is 19.5. The van der Waals surface area contributed by atoms with Crippen LogP contribution in [0.2, 0.25) is 5.02 Å². The third kappa shape index (κ3) is 3.74. The summed E-state index contributed by atoms with van der Waals surface area (Å²) in [5.41, 5.74) is 2.30. The molecule has 2 aromatic carbocycles. The molecule has 0 saturated heterocycles. The van der Waals surface area contributed by atoms with Gasteiger partial charge in [0.2, 0.25) is 0 Å². The minimum absolute atomic E-state index is 0.241. The Morgan fingerprint density at radius 1 is 1.19 bits per heavy atom. The minimum Gasteiger partial charge on any atom is -0.494 e. The molecule has 2 aromatic rings. The van der Waals surface area contributed by atoms with Crippen molar-refractivity contribution in [2.24, 2.45) is 0 Å². The zero-order valence-electron chi connectivity index (χ0n) is 12.4. The van der Waals surface area contributed by atoms with Crippen LogP contribution in [0.25, 0.3) is 11.1 Å². The fourth-order valence-electron chi connectivity index (χ4n) is 2.16. The van der Waals surface area contributed by atoms with Crippen LogP contribution in [0.5, 0.6) is 5.75 Å². The first-order chi connectivity index (χ1) is 10.0. The van der Waals surface area contributed by atoms with Gasteiger partial charge in [0.15, 0.2) is 11.6 Å². The Balaban J connectivity index is 2.48. The van der Waals surface area contributed by atoms with Crippen molar-refractivity contribution in [2.75, 3.05) is 7.11 Å². The van der Waals surface area contributed by atoms with Crippen molar-refractivity contribution in [2.45, 2.75) is 26.4 Å². The summed E-state index contributed by atoms with van der Waals surface area (Å²) in [6, 6.07) is 11.0. The lowest BCUT2D eigenvalue weighted by Gasteiger charge is -2.15. The maximum Gasteiger partial charge on any atom is 0.172 e. The molecule has 0 fully saturated rings. The van der Waals surface area contributed by atoms with E-state index < -0.39 is 0 Å². The number of halogens is 2. The summed E-state index contributed by atoms with van der Waals surface area (Å²) in [6.07, 6.45) is 0. The molecule has 0 amide bonds. The monoisotopic (exact) mass is 307 g/mol. The van der Waals surface area contributed by atoms with Crippen LogP contribution in [0.1, 0.15) is 19.4 Å². The maximum absolute atomic E-state index is 14.5. The van der Waals surface area contributed by atoms with Crippen LogP contribution in [0.15, 0.2) is 36.4 Å². The number of hydrogen-bond donors (Lipinski definition) is 1. The molecule has 0 atom stereocenters. The second kappa shape index (κ2) is 6.92. The number of benzene rings is 2. The summed E-state index contributed by atoms with van der Waals surface area (Å²) in [5, 5.41) is 3.98.